The van der Waals surface area contributed by atoms with Crippen LogP contribution >= 0.6 is 0 Å². The minimum atomic E-state index is -2.56. The third kappa shape index (κ3) is 9.06. The van der Waals surface area contributed by atoms with Crippen molar-refractivity contribution in [1.82, 2.24) is 0 Å². The summed E-state index contributed by atoms with van der Waals surface area (Å²) >= 11 is -2.56. The van der Waals surface area contributed by atoms with Gasteiger partial charge in [0.25, 0.3) is 0 Å². The van der Waals surface area contributed by atoms with Crippen LogP contribution in [0, 0.1) is 28.7 Å². The summed E-state index contributed by atoms with van der Waals surface area (Å²) in [5.74, 6) is -8.88. The number of hydrogen-bond acceptors (Lipinski definition) is 2. The molecular weight excluding hydrogens is 527 g/mol. The van der Waals surface area contributed by atoms with Crippen LogP contribution in [-0.4, -0.2) is 24.3 Å². The van der Waals surface area contributed by atoms with Gasteiger partial charge in [0.2, 0.25) is 0 Å². The van der Waals surface area contributed by atoms with Crippen molar-refractivity contribution in [3.8, 4) is 5.75 Å². The zero-order valence-electron chi connectivity index (χ0n) is 20.1. The van der Waals surface area contributed by atoms with Crippen LogP contribution in [0.2, 0.25) is 13.3 Å². The van der Waals surface area contributed by atoms with E-state index in [1.165, 1.54) is 32.6 Å². The molecule has 1 aromatic rings. The number of esters is 1. The first-order valence-corrected chi connectivity index (χ1v) is 19.4. The summed E-state index contributed by atoms with van der Waals surface area (Å²) in [5, 5.41) is 0. The van der Waals surface area contributed by atoms with Crippen molar-refractivity contribution >= 4 is 24.3 Å². The van der Waals surface area contributed by atoms with Crippen molar-refractivity contribution in [2.45, 2.75) is 92.9 Å². The molecule has 32 heavy (non-hydrogen) atoms. The second-order valence-corrected chi connectivity index (χ2v) is 22.5. The van der Waals surface area contributed by atoms with E-state index in [0.29, 0.717) is 0 Å². The molecule has 0 atom stereocenters. The molecule has 0 saturated carbocycles. The summed E-state index contributed by atoms with van der Waals surface area (Å²) in [7, 11) is 0. The maximum absolute atomic E-state index is 13.8. The van der Waals surface area contributed by atoms with E-state index in [4.69, 9.17) is 4.74 Å². The molecule has 0 radical (unpaired) electrons. The fraction of sp³-hybridized carbons (Fsp3) is 0.640. The van der Waals surface area contributed by atoms with Crippen LogP contribution in [0.1, 0.15) is 79.6 Å². The van der Waals surface area contributed by atoms with Crippen LogP contribution in [0.4, 0.5) is 17.6 Å². The van der Waals surface area contributed by atoms with Crippen LogP contribution in [0.25, 0.3) is 0 Å². The van der Waals surface area contributed by atoms with Crippen molar-refractivity contribution < 1.29 is 27.1 Å². The van der Waals surface area contributed by atoms with Gasteiger partial charge in [0, 0.05) is 0 Å². The van der Waals surface area contributed by atoms with Gasteiger partial charge in [-0.15, -0.1) is 0 Å². The second kappa shape index (κ2) is 13.6. The van der Waals surface area contributed by atoms with Crippen LogP contribution in [0.3, 0.4) is 0 Å². The van der Waals surface area contributed by atoms with E-state index in [1.807, 2.05) is 13.8 Å². The minimum absolute atomic E-state index is 0.0875. The van der Waals surface area contributed by atoms with E-state index < -0.39 is 58.8 Å². The molecule has 1 aromatic carbocycles. The number of ether oxygens (including phenoxy) is 1. The molecule has 0 fully saturated rings. The number of rotatable bonds is 14. The van der Waals surface area contributed by atoms with E-state index in [2.05, 4.69) is 30.9 Å². The molecular formula is C25H38F4O2Sn. The van der Waals surface area contributed by atoms with E-state index in [1.54, 1.807) is 0 Å². The standard InChI is InChI=1S/C13H11F4O2.3C4H9.Sn/c1-4-13(2,3)6-9(18)19-12-10(16)7(14)5-8(15)11(12)17;3*1-3-4-2;/h1,4-5H,6H2,2-3H3;3*1,3-4H2,2H3;. The fourth-order valence-electron chi connectivity index (χ4n) is 3.84. The third-order valence-corrected chi connectivity index (χ3v) is 19.9. The number of unbranched alkanes of at least 4 members (excludes halogenated alkanes) is 3. The molecule has 0 spiro atoms. The summed E-state index contributed by atoms with van der Waals surface area (Å²) in [4.78, 5) is 12.4. The molecule has 0 heterocycles. The molecule has 182 valence electrons. The molecule has 0 aromatic heterocycles. The van der Waals surface area contributed by atoms with Gasteiger partial charge in [0.05, 0.1) is 0 Å². The van der Waals surface area contributed by atoms with Gasteiger partial charge in [-0.25, -0.2) is 0 Å². The van der Waals surface area contributed by atoms with Crippen molar-refractivity contribution in [3.63, 3.8) is 0 Å². The van der Waals surface area contributed by atoms with Gasteiger partial charge in [-0.1, -0.05) is 0 Å². The van der Waals surface area contributed by atoms with E-state index >= 15 is 0 Å². The summed E-state index contributed by atoms with van der Waals surface area (Å²) in [6, 6.07) is 0.0875. The van der Waals surface area contributed by atoms with Crippen LogP contribution in [0.15, 0.2) is 16.2 Å². The van der Waals surface area contributed by atoms with Crippen molar-refractivity contribution in [3.05, 3.63) is 39.5 Å². The van der Waals surface area contributed by atoms with Crippen LogP contribution in [-0.2, 0) is 4.79 Å². The van der Waals surface area contributed by atoms with Crippen LogP contribution in [0.5, 0.6) is 5.75 Å². The zero-order valence-corrected chi connectivity index (χ0v) is 23.0. The van der Waals surface area contributed by atoms with Gasteiger partial charge in [0.15, 0.2) is 0 Å². The molecule has 0 amide bonds. The molecule has 0 N–H and O–H groups in total. The van der Waals surface area contributed by atoms with Crippen LogP contribution < -0.4 is 4.74 Å². The Hall–Kier alpha value is -1.05. The quantitative estimate of drug-likeness (QED) is 0.0744. The topological polar surface area (TPSA) is 26.3 Å². The monoisotopic (exact) mass is 566 g/mol. The van der Waals surface area contributed by atoms with E-state index in [0.717, 1.165) is 19.3 Å². The van der Waals surface area contributed by atoms with Crippen molar-refractivity contribution in [2.24, 2.45) is 5.41 Å². The Labute approximate surface area is 194 Å². The molecule has 0 aliphatic heterocycles. The van der Waals surface area contributed by atoms with Gasteiger partial charge >= 0.3 is 195 Å². The number of carbonyl (C=O) groups excluding carboxylic acids is 1. The van der Waals surface area contributed by atoms with Gasteiger partial charge in [-0.2, -0.15) is 0 Å². The normalized spacial score (nSPS) is 12.5. The molecule has 0 unspecified atom stereocenters. The number of benzene rings is 1. The Morgan fingerprint density at radius 2 is 1.34 bits per heavy atom. The Morgan fingerprint density at radius 3 is 1.75 bits per heavy atom. The summed E-state index contributed by atoms with van der Waals surface area (Å²) in [5.41, 5.74) is -0.608. The first-order chi connectivity index (χ1) is 15.0. The maximum atomic E-state index is 13.8. The number of hydrogen-bond donors (Lipinski definition) is 0. The fourth-order valence-corrected chi connectivity index (χ4v) is 18.8. The van der Waals surface area contributed by atoms with E-state index in [-0.39, 0.29) is 12.5 Å². The van der Waals surface area contributed by atoms with Gasteiger partial charge < -0.3 is 0 Å². The molecule has 2 nitrogen and oxygen atoms in total. The predicted octanol–water partition coefficient (Wildman–Crippen LogP) is 8.51. The van der Waals surface area contributed by atoms with Gasteiger partial charge in [-0.3, -0.25) is 0 Å². The molecule has 7 heteroatoms. The Balaban J connectivity index is 3.03. The molecule has 0 aliphatic carbocycles. The first-order valence-electron chi connectivity index (χ1n) is 11.7. The Kier molecular flexibility index (Phi) is 12.3. The summed E-state index contributed by atoms with van der Waals surface area (Å²) < 4.78 is 65.4. The predicted molar refractivity (Wildman–Crippen MR) is 124 cm³/mol. The average molecular weight is 565 g/mol. The molecule has 1 rings (SSSR count). The Morgan fingerprint density at radius 1 is 0.906 bits per heavy atom. The zero-order chi connectivity index (χ0) is 24.4. The van der Waals surface area contributed by atoms with E-state index in [9.17, 15) is 22.4 Å². The van der Waals surface area contributed by atoms with Crippen molar-refractivity contribution in [2.75, 3.05) is 0 Å². The average Bonchev–Trinajstić information content (AvgIpc) is 2.74. The Bertz CT molecular complexity index is 730. The first kappa shape index (κ1) is 29.0. The summed E-state index contributed by atoms with van der Waals surface area (Å²) in [6.45, 7) is 10.3. The van der Waals surface area contributed by atoms with Gasteiger partial charge in [-0.05, 0) is 0 Å². The number of halogens is 4. The van der Waals surface area contributed by atoms with Crippen molar-refractivity contribution in [1.29, 1.82) is 0 Å². The molecule has 0 saturated heterocycles. The number of carbonyl (C=O) groups is 1. The third-order valence-electron chi connectivity index (χ3n) is 5.86. The SMILES string of the molecule is CCC[CH2][Sn](/[CH]=C/C(C)(C)CC(=O)Oc1c(F)c(F)cc(F)c1F)([CH2]CCC)[CH2]CCC. The van der Waals surface area contributed by atoms with Gasteiger partial charge in [0.1, 0.15) is 0 Å². The summed E-state index contributed by atoms with van der Waals surface area (Å²) in [6.07, 6.45) is 9.01. The number of allylic oxidation sites excluding steroid dienone is 1. The second-order valence-electron chi connectivity index (χ2n) is 9.44. The molecule has 0 bridgehead atoms. The molecule has 0 aliphatic rings.